The Labute approximate surface area is 177 Å². The summed E-state index contributed by atoms with van der Waals surface area (Å²) in [6.45, 7) is 0.162. The highest BCUT2D eigenvalue weighted by Gasteiger charge is 2.33. The number of rotatable bonds is 1. The van der Waals surface area contributed by atoms with E-state index in [1.165, 1.54) is 15.5 Å². The van der Waals surface area contributed by atoms with Gasteiger partial charge in [-0.3, -0.25) is 14.2 Å². The Morgan fingerprint density at radius 1 is 1.06 bits per heavy atom. The Hall–Kier alpha value is -3.40. The maximum atomic E-state index is 13.2. The van der Waals surface area contributed by atoms with E-state index < -0.39 is 11.7 Å². The molecule has 0 radical (unpaired) electrons. The molecular weight excluding hydrogens is 429 g/mol. The maximum Gasteiger partial charge on any atom is 0.416 e. The predicted octanol–water partition coefficient (Wildman–Crippen LogP) is 2.16. The molecule has 1 amide bonds. The second kappa shape index (κ2) is 6.81. The van der Waals surface area contributed by atoms with Crippen LogP contribution in [0.3, 0.4) is 0 Å². The molecule has 0 saturated heterocycles. The number of halogens is 3. The number of hydrogen-bond donors (Lipinski definition) is 0. The smallest absolute Gasteiger partial charge is 0.334 e. The van der Waals surface area contributed by atoms with Gasteiger partial charge in [0, 0.05) is 18.3 Å². The van der Waals surface area contributed by atoms with E-state index in [0.717, 1.165) is 29.2 Å². The van der Waals surface area contributed by atoms with Crippen molar-refractivity contribution in [3.05, 3.63) is 79.3 Å². The van der Waals surface area contributed by atoms with E-state index >= 15 is 0 Å². The van der Waals surface area contributed by atoms with Crippen LogP contribution in [0.4, 0.5) is 24.5 Å². The molecule has 0 atom stereocenters. The Kier molecular flexibility index (Phi) is 4.30. The highest BCUT2D eigenvalue weighted by Crippen LogP contribution is 2.34. The van der Waals surface area contributed by atoms with Crippen LogP contribution < -0.4 is 24.7 Å². The average molecular weight is 444 g/mol. The van der Waals surface area contributed by atoms with Gasteiger partial charge in [-0.2, -0.15) is 13.2 Å². The van der Waals surface area contributed by atoms with Crippen LogP contribution in [0, 0.1) is 0 Å². The van der Waals surface area contributed by atoms with Gasteiger partial charge >= 0.3 is 6.18 Å². The van der Waals surface area contributed by atoms with Gasteiger partial charge < -0.3 is 9.80 Å². The summed E-state index contributed by atoms with van der Waals surface area (Å²) in [4.78, 5) is 33.9. The number of anilines is 2. The highest BCUT2D eigenvalue weighted by molar-refractivity contribution is 7.07. The summed E-state index contributed by atoms with van der Waals surface area (Å²) >= 11 is 1.13. The van der Waals surface area contributed by atoms with Crippen molar-refractivity contribution in [3.63, 3.8) is 0 Å². The number of fused-ring (bicyclic) bond motifs is 2. The van der Waals surface area contributed by atoms with Crippen molar-refractivity contribution in [3.8, 4) is 0 Å². The molecule has 0 fully saturated rings. The zero-order valence-electron chi connectivity index (χ0n) is 16.2. The van der Waals surface area contributed by atoms with Gasteiger partial charge in [0.1, 0.15) is 17.9 Å². The topological polar surface area (TPSA) is 57.9 Å². The Bertz CT molecular complexity index is 1410. The number of likely N-dealkylation sites (N-methyl/N-ethyl adjacent to an activating group) is 1. The standard InChI is InChI=1S/C21H15F3N4O2S/c1-26-15-8-3-2-7-14(15)16(18(26)29)17-19(30)28-11-27(10-25-20(28)31-17)13-6-4-5-12(9-13)21(22,23)24/h2-9H,10-11H2,1H3. The van der Waals surface area contributed by atoms with E-state index in [0.29, 0.717) is 21.6 Å². The van der Waals surface area contributed by atoms with Gasteiger partial charge in [-0.15, -0.1) is 0 Å². The number of hydrogen-bond acceptors (Lipinski definition) is 5. The van der Waals surface area contributed by atoms with E-state index in [9.17, 15) is 22.8 Å². The zero-order chi connectivity index (χ0) is 21.9. The van der Waals surface area contributed by atoms with Crippen LogP contribution in [0.2, 0.25) is 0 Å². The summed E-state index contributed by atoms with van der Waals surface area (Å²) in [5.41, 5.74) is 0.908. The van der Waals surface area contributed by atoms with Gasteiger partial charge in [-0.05, 0) is 24.3 Å². The van der Waals surface area contributed by atoms with Gasteiger partial charge in [-0.1, -0.05) is 35.6 Å². The molecule has 0 saturated carbocycles. The van der Waals surface area contributed by atoms with Crippen LogP contribution in [-0.4, -0.2) is 24.2 Å². The second-order valence-corrected chi connectivity index (χ2v) is 8.21. The molecule has 158 valence electrons. The molecule has 2 aromatic carbocycles. The number of alkyl halides is 3. The third-order valence-electron chi connectivity index (χ3n) is 5.37. The van der Waals surface area contributed by atoms with Crippen molar-refractivity contribution in [1.82, 2.24) is 4.57 Å². The van der Waals surface area contributed by atoms with Crippen molar-refractivity contribution < 1.29 is 18.0 Å². The molecule has 0 unspecified atom stereocenters. The maximum absolute atomic E-state index is 13.2. The lowest BCUT2D eigenvalue weighted by atomic mass is 10.1. The van der Waals surface area contributed by atoms with Crippen LogP contribution in [0.15, 0.2) is 58.3 Å². The molecule has 31 heavy (non-hydrogen) atoms. The second-order valence-electron chi connectivity index (χ2n) is 7.23. The number of para-hydroxylation sites is 1. The lowest BCUT2D eigenvalue weighted by molar-refractivity contribution is -0.137. The molecule has 0 aliphatic carbocycles. The minimum Gasteiger partial charge on any atom is -0.334 e. The van der Waals surface area contributed by atoms with Crippen molar-refractivity contribution >= 4 is 34.2 Å². The summed E-state index contributed by atoms with van der Waals surface area (Å²) in [5.74, 6) is -0.271. The molecule has 3 aromatic rings. The zero-order valence-corrected chi connectivity index (χ0v) is 17.0. The SMILES string of the molecule is CN1C(=O)C(=c2sc3n(c2=O)CN(c2cccc(C(F)(F)F)c2)CN=3)c2ccccc21. The first kappa shape index (κ1) is 19.6. The number of carbonyl (C=O) groups excluding carboxylic acids is 1. The first-order chi connectivity index (χ1) is 14.8. The lowest BCUT2D eigenvalue weighted by Gasteiger charge is -2.26. The fourth-order valence-corrected chi connectivity index (χ4v) is 4.85. The minimum atomic E-state index is -4.46. The van der Waals surface area contributed by atoms with E-state index in [2.05, 4.69) is 4.99 Å². The molecule has 0 spiro atoms. The van der Waals surface area contributed by atoms with E-state index in [1.807, 2.05) is 12.1 Å². The molecule has 10 heteroatoms. The monoisotopic (exact) mass is 444 g/mol. The van der Waals surface area contributed by atoms with Crippen molar-refractivity contribution in [2.45, 2.75) is 12.8 Å². The average Bonchev–Trinajstić information content (AvgIpc) is 3.21. The lowest BCUT2D eigenvalue weighted by Crippen LogP contribution is -2.43. The molecule has 0 bridgehead atoms. The number of nitrogens with zero attached hydrogens (tertiary/aromatic N) is 4. The molecule has 2 aliphatic rings. The van der Waals surface area contributed by atoms with Gasteiger partial charge in [0.2, 0.25) is 0 Å². The third-order valence-corrected chi connectivity index (χ3v) is 6.49. The number of benzene rings is 2. The third kappa shape index (κ3) is 3.05. The van der Waals surface area contributed by atoms with E-state index in [-0.39, 0.29) is 29.3 Å². The van der Waals surface area contributed by atoms with Crippen LogP contribution in [0.1, 0.15) is 11.1 Å². The van der Waals surface area contributed by atoms with Gasteiger partial charge in [0.25, 0.3) is 11.5 Å². The molecule has 0 N–H and O–H groups in total. The number of carbonyl (C=O) groups is 1. The summed E-state index contributed by atoms with van der Waals surface area (Å²) in [6, 6.07) is 12.1. The largest absolute Gasteiger partial charge is 0.416 e. The Balaban J connectivity index is 1.61. The van der Waals surface area contributed by atoms with Gasteiger partial charge in [0.15, 0.2) is 4.80 Å². The first-order valence-electron chi connectivity index (χ1n) is 9.34. The predicted molar refractivity (Wildman–Crippen MR) is 111 cm³/mol. The highest BCUT2D eigenvalue weighted by atomic mass is 32.1. The Morgan fingerprint density at radius 2 is 1.84 bits per heavy atom. The molecule has 6 nitrogen and oxygen atoms in total. The summed E-state index contributed by atoms with van der Waals surface area (Å²) in [6.07, 6.45) is -4.46. The summed E-state index contributed by atoms with van der Waals surface area (Å²) in [5, 5.41) is 0. The van der Waals surface area contributed by atoms with E-state index in [4.69, 9.17) is 0 Å². The normalized spacial score (nSPS) is 17.5. The quantitative estimate of drug-likeness (QED) is 0.578. The molecule has 1 aromatic heterocycles. The van der Waals surface area contributed by atoms with Gasteiger partial charge in [0.05, 0.1) is 16.8 Å². The fraction of sp³-hybridized carbons (Fsp3) is 0.190. The van der Waals surface area contributed by atoms with Crippen LogP contribution >= 0.6 is 11.3 Å². The number of amides is 1. The van der Waals surface area contributed by atoms with Crippen molar-refractivity contribution in [2.75, 3.05) is 23.5 Å². The van der Waals surface area contributed by atoms with E-state index in [1.54, 1.807) is 30.1 Å². The van der Waals surface area contributed by atoms with Crippen LogP contribution in [-0.2, 0) is 17.6 Å². The molecule has 5 rings (SSSR count). The number of aromatic nitrogens is 1. The van der Waals surface area contributed by atoms with Gasteiger partial charge in [-0.25, -0.2) is 4.99 Å². The molecule has 3 heterocycles. The van der Waals surface area contributed by atoms with Crippen LogP contribution in [0.25, 0.3) is 5.57 Å². The fourth-order valence-electron chi connectivity index (χ4n) is 3.79. The van der Waals surface area contributed by atoms with Crippen molar-refractivity contribution in [1.29, 1.82) is 0 Å². The number of thiazole rings is 1. The van der Waals surface area contributed by atoms with Crippen molar-refractivity contribution in [2.24, 2.45) is 4.99 Å². The molecular formula is C21H15F3N4O2S. The summed E-state index contributed by atoms with van der Waals surface area (Å²) < 4.78 is 40.9. The Morgan fingerprint density at radius 3 is 2.61 bits per heavy atom. The van der Waals surface area contributed by atoms with Crippen LogP contribution in [0.5, 0.6) is 0 Å². The minimum absolute atomic E-state index is 0.0500. The molecule has 2 aliphatic heterocycles. The summed E-state index contributed by atoms with van der Waals surface area (Å²) in [7, 11) is 1.65. The first-order valence-corrected chi connectivity index (χ1v) is 10.2.